The lowest BCUT2D eigenvalue weighted by molar-refractivity contribution is -0.111. The highest BCUT2D eigenvalue weighted by Crippen LogP contribution is 1.97. The van der Waals surface area contributed by atoms with Crippen molar-refractivity contribution < 1.29 is 9.59 Å². The Hall–Kier alpha value is -1.35. The molecule has 0 atom stereocenters. The van der Waals surface area contributed by atoms with Gasteiger partial charge in [-0.3, -0.25) is 9.59 Å². The number of halogens is 1. The molecule has 74 valence electrons. The maximum Gasteiger partial charge on any atom is 0.251 e. The molecule has 0 aromatic heterocycles. The summed E-state index contributed by atoms with van der Waals surface area (Å²) in [6.07, 6.45) is 0.153. The van der Waals surface area contributed by atoms with Gasteiger partial charge in [0.15, 0.2) is 0 Å². The molecule has 1 N–H and O–H groups in total. The number of amides is 1. The molecule has 0 aliphatic rings. The third kappa shape index (κ3) is 3.58. The van der Waals surface area contributed by atoms with Gasteiger partial charge in [0.25, 0.3) is 5.91 Å². The van der Waals surface area contributed by atoms with Crippen LogP contribution in [0.5, 0.6) is 0 Å². The van der Waals surface area contributed by atoms with Gasteiger partial charge in [-0.1, -0.05) is 18.2 Å². The van der Waals surface area contributed by atoms with Gasteiger partial charge in [-0.05, 0) is 23.7 Å². The second-order valence-electron chi connectivity index (χ2n) is 2.73. The monoisotopic (exact) mass is 211 g/mol. The molecule has 0 heterocycles. The zero-order chi connectivity index (χ0) is 10.4. The SMILES string of the molecule is O=C(Cl)CCNC(=O)c1ccccc1. The second kappa shape index (κ2) is 5.40. The standard InChI is InChI=1S/C10H10ClNO2/c11-9(13)6-7-12-10(14)8-4-2-1-3-5-8/h1-5H,6-7H2,(H,12,14). The molecule has 14 heavy (non-hydrogen) atoms. The number of nitrogens with one attached hydrogen (secondary N) is 1. The third-order valence-corrected chi connectivity index (χ3v) is 1.83. The zero-order valence-electron chi connectivity index (χ0n) is 7.50. The molecule has 0 aliphatic carbocycles. The highest BCUT2D eigenvalue weighted by Gasteiger charge is 2.03. The minimum absolute atomic E-state index is 0.153. The fourth-order valence-corrected chi connectivity index (χ4v) is 1.06. The summed E-state index contributed by atoms with van der Waals surface area (Å²) in [6.45, 7) is 0.274. The van der Waals surface area contributed by atoms with Gasteiger partial charge >= 0.3 is 0 Å². The Morgan fingerprint density at radius 3 is 2.43 bits per heavy atom. The maximum absolute atomic E-state index is 11.4. The van der Waals surface area contributed by atoms with Crippen molar-refractivity contribution in [2.45, 2.75) is 6.42 Å². The lowest BCUT2D eigenvalue weighted by Crippen LogP contribution is -2.25. The van der Waals surface area contributed by atoms with Gasteiger partial charge in [-0.25, -0.2) is 0 Å². The Morgan fingerprint density at radius 2 is 1.86 bits per heavy atom. The first-order valence-corrected chi connectivity index (χ1v) is 4.59. The summed E-state index contributed by atoms with van der Waals surface area (Å²) in [4.78, 5) is 21.7. The summed E-state index contributed by atoms with van der Waals surface area (Å²) in [7, 11) is 0. The first-order chi connectivity index (χ1) is 6.70. The van der Waals surface area contributed by atoms with E-state index in [9.17, 15) is 9.59 Å². The average molecular weight is 212 g/mol. The van der Waals surface area contributed by atoms with Crippen molar-refractivity contribution in [3.8, 4) is 0 Å². The number of hydrogen-bond donors (Lipinski definition) is 1. The zero-order valence-corrected chi connectivity index (χ0v) is 8.25. The largest absolute Gasteiger partial charge is 0.352 e. The summed E-state index contributed by atoms with van der Waals surface area (Å²) in [5, 5.41) is 2.14. The summed E-state index contributed by atoms with van der Waals surface area (Å²) in [6, 6.07) is 8.80. The fraction of sp³-hybridized carbons (Fsp3) is 0.200. The molecule has 0 saturated heterocycles. The normalized spacial score (nSPS) is 9.50. The minimum Gasteiger partial charge on any atom is -0.352 e. The summed E-state index contributed by atoms with van der Waals surface area (Å²) in [5.41, 5.74) is 0.578. The van der Waals surface area contributed by atoms with Crippen molar-refractivity contribution in [2.24, 2.45) is 0 Å². The highest BCUT2D eigenvalue weighted by atomic mass is 35.5. The number of hydrogen-bond acceptors (Lipinski definition) is 2. The van der Waals surface area contributed by atoms with E-state index in [0.717, 1.165) is 0 Å². The molecular weight excluding hydrogens is 202 g/mol. The van der Waals surface area contributed by atoms with Crippen LogP contribution in [0.3, 0.4) is 0 Å². The van der Waals surface area contributed by atoms with E-state index in [2.05, 4.69) is 5.32 Å². The number of carbonyl (C=O) groups excluding carboxylic acids is 2. The lowest BCUT2D eigenvalue weighted by Gasteiger charge is -2.02. The average Bonchev–Trinajstić information content (AvgIpc) is 2.18. The molecule has 1 rings (SSSR count). The van der Waals surface area contributed by atoms with Gasteiger partial charge in [0.2, 0.25) is 5.24 Å². The van der Waals surface area contributed by atoms with E-state index in [0.29, 0.717) is 5.56 Å². The molecule has 4 heteroatoms. The Balaban J connectivity index is 2.40. The van der Waals surface area contributed by atoms with Crippen molar-refractivity contribution in [1.29, 1.82) is 0 Å². The quantitative estimate of drug-likeness (QED) is 0.769. The number of carbonyl (C=O) groups is 2. The van der Waals surface area contributed by atoms with Gasteiger partial charge in [0, 0.05) is 18.5 Å². The highest BCUT2D eigenvalue weighted by molar-refractivity contribution is 6.63. The Kier molecular flexibility index (Phi) is 4.13. The molecule has 1 aromatic rings. The Labute approximate surface area is 87.1 Å². The molecule has 0 saturated carbocycles. The molecule has 0 radical (unpaired) electrons. The van der Waals surface area contributed by atoms with Crippen LogP contribution in [0.15, 0.2) is 30.3 Å². The van der Waals surface area contributed by atoms with Crippen LogP contribution in [0.4, 0.5) is 0 Å². The van der Waals surface area contributed by atoms with Crippen LogP contribution >= 0.6 is 11.6 Å². The topological polar surface area (TPSA) is 46.2 Å². The van der Waals surface area contributed by atoms with Crippen molar-refractivity contribution in [3.63, 3.8) is 0 Å². The first kappa shape index (κ1) is 10.7. The van der Waals surface area contributed by atoms with E-state index in [1.165, 1.54) is 0 Å². The van der Waals surface area contributed by atoms with Crippen molar-refractivity contribution in [3.05, 3.63) is 35.9 Å². The van der Waals surface area contributed by atoms with E-state index in [-0.39, 0.29) is 18.9 Å². The van der Waals surface area contributed by atoms with E-state index in [1.807, 2.05) is 6.07 Å². The number of rotatable bonds is 4. The molecule has 0 bridgehead atoms. The Morgan fingerprint density at radius 1 is 1.21 bits per heavy atom. The van der Waals surface area contributed by atoms with E-state index in [4.69, 9.17) is 11.6 Å². The molecular formula is C10H10ClNO2. The van der Waals surface area contributed by atoms with E-state index >= 15 is 0 Å². The van der Waals surface area contributed by atoms with Crippen molar-refractivity contribution in [1.82, 2.24) is 5.32 Å². The fourth-order valence-electron chi connectivity index (χ4n) is 0.966. The second-order valence-corrected chi connectivity index (χ2v) is 3.15. The third-order valence-electron chi connectivity index (χ3n) is 1.64. The summed E-state index contributed by atoms with van der Waals surface area (Å²) in [5.74, 6) is -0.191. The molecule has 0 aliphatic heterocycles. The van der Waals surface area contributed by atoms with Gasteiger partial charge in [-0.15, -0.1) is 0 Å². The van der Waals surface area contributed by atoms with Crippen LogP contribution in [-0.2, 0) is 4.79 Å². The smallest absolute Gasteiger partial charge is 0.251 e. The number of benzene rings is 1. The van der Waals surface area contributed by atoms with E-state index < -0.39 is 5.24 Å². The van der Waals surface area contributed by atoms with Crippen LogP contribution in [0.25, 0.3) is 0 Å². The molecule has 1 amide bonds. The van der Waals surface area contributed by atoms with Gasteiger partial charge < -0.3 is 5.32 Å². The molecule has 0 unspecified atom stereocenters. The van der Waals surface area contributed by atoms with Crippen molar-refractivity contribution in [2.75, 3.05) is 6.54 Å². The van der Waals surface area contributed by atoms with Crippen LogP contribution in [-0.4, -0.2) is 17.7 Å². The molecule has 3 nitrogen and oxygen atoms in total. The van der Waals surface area contributed by atoms with E-state index in [1.54, 1.807) is 24.3 Å². The van der Waals surface area contributed by atoms with Gasteiger partial charge in [0.05, 0.1) is 0 Å². The maximum atomic E-state index is 11.4. The molecule has 0 fully saturated rings. The van der Waals surface area contributed by atoms with Crippen LogP contribution in [0.1, 0.15) is 16.8 Å². The Bertz CT molecular complexity index is 324. The predicted molar refractivity (Wildman–Crippen MR) is 54.3 cm³/mol. The van der Waals surface area contributed by atoms with Gasteiger partial charge in [-0.2, -0.15) is 0 Å². The minimum atomic E-state index is -0.446. The summed E-state index contributed by atoms with van der Waals surface area (Å²) >= 11 is 5.12. The summed E-state index contributed by atoms with van der Waals surface area (Å²) < 4.78 is 0. The first-order valence-electron chi connectivity index (χ1n) is 4.22. The van der Waals surface area contributed by atoms with Gasteiger partial charge in [0.1, 0.15) is 0 Å². The molecule has 1 aromatic carbocycles. The van der Waals surface area contributed by atoms with Crippen LogP contribution < -0.4 is 5.32 Å². The lowest BCUT2D eigenvalue weighted by atomic mass is 10.2. The predicted octanol–water partition coefficient (Wildman–Crippen LogP) is 1.57. The van der Waals surface area contributed by atoms with Crippen molar-refractivity contribution >= 4 is 22.8 Å². The molecule has 0 spiro atoms. The van der Waals surface area contributed by atoms with Crippen LogP contribution in [0, 0.1) is 0 Å². The van der Waals surface area contributed by atoms with Crippen LogP contribution in [0.2, 0.25) is 0 Å².